The van der Waals surface area contributed by atoms with Crippen LogP contribution < -0.4 is 0 Å². The molecule has 0 fully saturated rings. The highest BCUT2D eigenvalue weighted by Crippen LogP contribution is 2.46. The van der Waals surface area contributed by atoms with Gasteiger partial charge in [-0.15, -0.1) is 34.0 Å². The van der Waals surface area contributed by atoms with Gasteiger partial charge < -0.3 is 4.57 Å². The maximum Gasteiger partial charge on any atom is 0.164 e. The SMILES string of the molecule is c1ccc2cc3c(cc2c1)c1c2ccccc2ccc1n3-c1ccc(-c2nc(-c3cccc4sc5ccccc5c34)nc(-c3cccc4sc5ccccc5c34)n2)c(-c2ccc3sc4ccccc4c3c2)c1. The van der Waals surface area contributed by atoms with Gasteiger partial charge in [-0.25, -0.2) is 15.0 Å². The molecule has 16 rings (SSSR count). The Morgan fingerprint density at radius 1 is 0.278 bits per heavy atom. The zero-order valence-corrected chi connectivity index (χ0v) is 40.7. The molecule has 5 heterocycles. The minimum Gasteiger partial charge on any atom is -0.309 e. The number of rotatable bonds is 5. The van der Waals surface area contributed by atoms with E-state index in [0.717, 1.165) is 55.3 Å². The summed E-state index contributed by atoms with van der Waals surface area (Å²) >= 11 is 5.46. The maximum absolute atomic E-state index is 5.60. The van der Waals surface area contributed by atoms with E-state index < -0.39 is 0 Å². The van der Waals surface area contributed by atoms with Gasteiger partial charge in [-0.1, -0.05) is 140 Å². The minimum absolute atomic E-state index is 0.624. The molecule has 0 spiro atoms. The third kappa shape index (κ3) is 5.99. The average Bonchev–Trinajstić information content (AvgIpc) is 4.21. The van der Waals surface area contributed by atoms with Crippen LogP contribution in [0.5, 0.6) is 0 Å². The van der Waals surface area contributed by atoms with Crippen LogP contribution in [0.2, 0.25) is 0 Å². The molecule has 5 aromatic heterocycles. The lowest BCUT2D eigenvalue weighted by Gasteiger charge is -2.16. The van der Waals surface area contributed by atoms with Gasteiger partial charge in [0, 0.05) is 93.7 Å². The largest absolute Gasteiger partial charge is 0.309 e. The number of hydrogen-bond donors (Lipinski definition) is 0. The molecule has 0 radical (unpaired) electrons. The Bertz CT molecular complexity index is 4820. The Balaban J connectivity index is 1.01. The summed E-state index contributed by atoms with van der Waals surface area (Å²) in [5, 5.41) is 14.6. The fourth-order valence-electron chi connectivity index (χ4n) is 11.4. The Hall–Kier alpha value is -8.59. The van der Waals surface area contributed by atoms with Gasteiger partial charge >= 0.3 is 0 Å². The Morgan fingerprint density at radius 2 is 0.806 bits per heavy atom. The van der Waals surface area contributed by atoms with E-state index >= 15 is 0 Å². The molecule has 0 N–H and O–H groups in total. The normalized spacial score (nSPS) is 12.2. The van der Waals surface area contributed by atoms with Crippen LogP contribution in [0.3, 0.4) is 0 Å². The fourth-order valence-corrected chi connectivity index (χ4v) is 14.8. The summed E-state index contributed by atoms with van der Waals surface area (Å²) in [6, 6.07) is 79.8. The van der Waals surface area contributed by atoms with Crippen LogP contribution in [-0.4, -0.2) is 19.5 Å². The summed E-state index contributed by atoms with van der Waals surface area (Å²) in [7, 11) is 0. The van der Waals surface area contributed by atoms with Gasteiger partial charge in [0.2, 0.25) is 0 Å². The molecular formula is C65H36N4S3. The van der Waals surface area contributed by atoms with Gasteiger partial charge in [-0.05, 0) is 112 Å². The lowest BCUT2D eigenvalue weighted by Crippen LogP contribution is -2.02. The molecule has 0 bridgehead atoms. The number of fused-ring (bicyclic) bond motifs is 15. The topological polar surface area (TPSA) is 43.6 Å². The van der Waals surface area contributed by atoms with E-state index in [-0.39, 0.29) is 0 Å². The van der Waals surface area contributed by atoms with Crippen molar-refractivity contribution in [3.05, 3.63) is 218 Å². The standard InChI is InChI=1S/C65H36N4S3/c1-2-15-39-35-53-51(33-38(39)14-1)60-42-16-4-3-13-37(42)27-31-52(60)69(53)41-29-30-44(49(36-41)40-28-32-57-50(34-40)43-17-5-8-22-54(43)70-57)63-66-64(47-20-11-25-58-61(47)45-18-6-9-23-55(45)71-58)68-65(67-63)48-21-12-26-59-62(48)46-19-7-10-24-56(46)72-59/h1-36H. The molecule has 11 aromatic carbocycles. The fraction of sp³-hybridized carbons (Fsp3) is 0. The van der Waals surface area contributed by atoms with Gasteiger partial charge in [0.05, 0.1) is 11.0 Å². The van der Waals surface area contributed by atoms with E-state index in [9.17, 15) is 0 Å². The maximum atomic E-state index is 5.60. The van der Waals surface area contributed by atoms with Crippen LogP contribution in [0, 0.1) is 0 Å². The highest BCUT2D eigenvalue weighted by molar-refractivity contribution is 7.26. The van der Waals surface area contributed by atoms with Gasteiger partial charge in [-0.2, -0.15) is 0 Å². The van der Waals surface area contributed by atoms with Gasteiger partial charge in [-0.3, -0.25) is 0 Å². The van der Waals surface area contributed by atoms with E-state index in [1.807, 2.05) is 34.0 Å². The summed E-state index contributed by atoms with van der Waals surface area (Å²) in [5.41, 5.74) is 8.45. The molecule has 0 aliphatic carbocycles. The molecule has 16 aromatic rings. The van der Waals surface area contributed by atoms with E-state index in [1.54, 1.807) is 0 Å². The molecule has 72 heavy (non-hydrogen) atoms. The molecular weight excluding hydrogens is 933 g/mol. The van der Waals surface area contributed by atoms with Crippen molar-refractivity contribution in [1.82, 2.24) is 19.5 Å². The summed E-state index contributed by atoms with van der Waals surface area (Å²) in [6.45, 7) is 0. The lowest BCUT2D eigenvalue weighted by atomic mass is 9.96. The van der Waals surface area contributed by atoms with Gasteiger partial charge in [0.1, 0.15) is 0 Å². The average molecular weight is 969 g/mol. The number of aromatic nitrogens is 4. The van der Waals surface area contributed by atoms with E-state index in [4.69, 9.17) is 15.0 Å². The summed E-state index contributed by atoms with van der Waals surface area (Å²) < 4.78 is 9.89. The molecule has 0 aliphatic heterocycles. The second kappa shape index (κ2) is 15.5. The van der Waals surface area contributed by atoms with Crippen molar-refractivity contribution >= 4 is 138 Å². The molecule has 0 aliphatic rings. The summed E-state index contributed by atoms with van der Waals surface area (Å²) in [4.78, 5) is 16.7. The minimum atomic E-state index is 0.624. The third-order valence-corrected chi connectivity index (χ3v) is 18.1. The molecule has 0 unspecified atom stereocenters. The van der Waals surface area contributed by atoms with Gasteiger partial charge in [0.25, 0.3) is 0 Å². The monoisotopic (exact) mass is 968 g/mol. The van der Waals surface area contributed by atoms with Crippen LogP contribution in [0.25, 0.3) is 155 Å². The first-order valence-corrected chi connectivity index (χ1v) is 26.6. The molecule has 0 atom stereocenters. The van der Waals surface area contributed by atoms with Crippen molar-refractivity contribution in [3.63, 3.8) is 0 Å². The van der Waals surface area contributed by atoms with E-state index in [2.05, 4.69) is 223 Å². The zero-order valence-electron chi connectivity index (χ0n) is 38.3. The summed E-state index contributed by atoms with van der Waals surface area (Å²) in [6.07, 6.45) is 0. The second-order valence-electron chi connectivity index (χ2n) is 18.6. The smallest absolute Gasteiger partial charge is 0.164 e. The van der Waals surface area contributed by atoms with Crippen LogP contribution in [-0.2, 0) is 0 Å². The number of thiophene rings is 3. The number of benzene rings is 11. The molecule has 334 valence electrons. The Morgan fingerprint density at radius 3 is 1.49 bits per heavy atom. The molecule has 0 saturated carbocycles. The van der Waals surface area contributed by atoms with Crippen LogP contribution >= 0.6 is 34.0 Å². The van der Waals surface area contributed by atoms with Crippen molar-refractivity contribution in [2.75, 3.05) is 0 Å². The first-order valence-electron chi connectivity index (χ1n) is 24.2. The Labute approximate surface area is 424 Å². The van der Waals surface area contributed by atoms with Crippen molar-refractivity contribution in [2.24, 2.45) is 0 Å². The van der Waals surface area contributed by atoms with Crippen molar-refractivity contribution in [2.45, 2.75) is 0 Å². The van der Waals surface area contributed by atoms with Crippen LogP contribution in [0.15, 0.2) is 218 Å². The highest BCUT2D eigenvalue weighted by Gasteiger charge is 2.23. The molecule has 0 amide bonds. The Kier molecular flexibility index (Phi) is 8.62. The summed E-state index contributed by atoms with van der Waals surface area (Å²) in [5.74, 6) is 1.92. The third-order valence-electron chi connectivity index (χ3n) is 14.6. The predicted molar refractivity (Wildman–Crippen MR) is 310 cm³/mol. The van der Waals surface area contributed by atoms with Crippen LogP contribution in [0.4, 0.5) is 0 Å². The quantitative estimate of drug-likeness (QED) is 0.173. The lowest BCUT2D eigenvalue weighted by molar-refractivity contribution is 1.08. The van der Waals surface area contributed by atoms with E-state index in [0.29, 0.717) is 17.5 Å². The van der Waals surface area contributed by atoms with E-state index in [1.165, 1.54) is 82.1 Å². The highest BCUT2D eigenvalue weighted by atomic mass is 32.1. The number of nitrogens with zero attached hydrogens (tertiary/aromatic N) is 4. The van der Waals surface area contributed by atoms with Crippen molar-refractivity contribution in [1.29, 1.82) is 0 Å². The first-order chi connectivity index (χ1) is 35.7. The number of hydrogen-bond acceptors (Lipinski definition) is 6. The van der Waals surface area contributed by atoms with Crippen molar-refractivity contribution in [3.8, 4) is 51.0 Å². The molecule has 4 nitrogen and oxygen atoms in total. The second-order valence-corrected chi connectivity index (χ2v) is 21.9. The van der Waals surface area contributed by atoms with Gasteiger partial charge in [0.15, 0.2) is 17.5 Å². The first kappa shape index (κ1) is 40.2. The van der Waals surface area contributed by atoms with Crippen molar-refractivity contribution < 1.29 is 0 Å². The zero-order chi connectivity index (χ0) is 47.0. The molecule has 7 heteroatoms. The predicted octanol–water partition coefficient (Wildman–Crippen LogP) is 19.0. The molecule has 0 saturated heterocycles. The van der Waals surface area contributed by atoms with Crippen LogP contribution in [0.1, 0.15) is 0 Å².